The maximum Gasteiger partial charge on any atom is 0.252 e. The van der Waals surface area contributed by atoms with Gasteiger partial charge in [0.2, 0.25) is 0 Å². The van der Waals surface area contributed by atoms with E-state index >= 15 is 0 Å². The maximum atomic E-state index is 13.0. The van der Waals surface area contributed by atoms with E-state index in [0.29, 0.717) is 24.6 Å². The van der Waals surface area contributed by atoms with Crippen molar-refractivity contribution in [3.8, 4) is 10.6 Å². The van der Waals surface area contributed by atoms with Crippen molar-refractivity contribution in [2.75, 3.05) is 6.54 Å². The first-order valence-corrected chi connectivity index (χ1v) is 11.4. The van der Waals surface area contributed by atoms with Crippen LogP contribution in [0.15, 0.2) is 29.8 Å². The van der Waals surface area contributed by atoms with Gasteiger partial charge in [-0.15, -0.1) is 11.3 Å². The first-order valence-electron chi connectivity index (χ1n) is 10.5. The summed E-state index contributed by atoms with van der Waals surface area (Å²) in [6, 6.07) is 5.88. The lowest BCUT2D eigenvalue weighted by atomic mass is 9.83. The highest BCUT2D eigenvalue weighted by Gasteiger charge is 2.22. The minimum Gasteiger partial charge on any atom is -0.393 e. The average molecular weight is 413 g/mol. The Balaban J connectivity index is 1.48. The summed E-state index contributed by atoms with van der Waals surface area (Å²) in [5, 5.41) is 20.4. The van der Waals surface area contributed by atoms with E-state index < -0.39 is 0 Å². The number of thiophene rings is 1. The third-order valence-electron chi connectivity index (χ3n) is 5.83. The molecule has 0 aromatic carbocycles. The summed E-state index contributed by atoms with van der Waals surface area (Å²) >= 11 is 1.61. The molecule has 29 heavy (non-hydrogen) atoms. The van der Waals surface area contributed by atoms with Crippen molar-refractivity contribution in [2.45, 2.75) is 58.1 Å². The van der Waals surface area contributed by atoms with Crippen molar-refractivity contribution in [2.24, 2.45) is 5.92 Å². The predicted octanol–water partition coefficient (Wildman–Crippen LogP) is 4.24. The van der Waals surface area contributed by atoms with Crippen LogP contribution in [0.2, 0.25) is 0 Å². The molecule has 0 radical (unpaired) electrons. The Bertz CT molecular complexity index is 967. The molecular weight excluding hydrogens is 384 g/mol. The van der Waals surface area contributed by atoms with Crippen LogP contribution in [0, 0.1) is 5.92 Å². The molecular formula is C22H28N4O2S. The van der Waals surface area contributed by atoms with Crippen LogP contribution in [0.25, 0.3) is 21.6 Å². The lowest BCUT2D eigenvalue weighted by Crippen LogP contribution is -2.28. The first kappa shape index (κ1) is 20.0. The molecule has 0 spiro atoms. The molecule has 0 bridgehead atoms. The minimum atomic E-state index is -0.174. The van der Waals surface area contributed by atoms with Crippen LogP contribution in [0.5, 0.6) is 0 Å². The van der Waals surface area contributed by atoms with Crippen LogP contribution in [0.1, 0.15) is 55.8 Å². The SMILES string of the molecule is CCn1ncc2c(C(=O)NCCC[C@H]3CCCC[C@H]3O)cc(-c3cccs3)nc21. The molecule has 0 unspecified atom stereocenters. The van der Waals surface area contributed by atoms with Crippen LogP contribution >= 0.6 is 11.3 Å². The molecule has 3 aromatic rings. The number of hydrogen-bond acceptors (Lipinski definition) is 5. The lowest BCUT2D eigenvalue weighted by molar-refractivity contribution is 0.0641. The standard InChI is InChI=1S/C22H28N4O2S/c1-2-26-21-17(14-24-26)16(13-18(25-21)20-10-6-12-29-20)22(28)23-11-5-8-15-7-3-4-9-19(15)27/h6,10,12-15,19,27H,2-5,7-9,11H2,1H3,(H,23,28)/t15-,19-/m1/s1. The second-order valence-electron chi connectivity index (χ2n) is 7.74. The molecule has 6 nitrogen and oxygen atoms in total. The molecule has 2 N–H and O–H groups in total. The van der Waals surface area contributed by atoms with E-state index in [2.05, 4.69) is 10.4 Å². The van der Waals surface area contributed by atoms with Crippen LogP contribution in [-0.2, 0) is 6.54 Å². The Labute approximate surface area is 175 Å². The Morgan fingerprint density at radius 2 is 2.24 bits per heavy atom. The Hall–Kier alpha value is -2.25. The number of aromatic nitrogens is 3. The number of rotatable bonds is 7. The molecule has 0 saturated heterocycles. The quantitative estimate of drug-likeness (QED) is 0.569. The van der Waals surface area contributed by atoms with Gasteiger partial charge in [-0.05, 0) is 56.0 Å². The second-order valence-corrected chi connectivity index (χ2v) is 8.69. The number of fused-ring (bicyclic) bond motifs is 1. The maximum absolute atomic E-state index is 13.0. The Morgan fingerprint density at radius 3 is 3.00 bits per heavy atom. The van der Waals surface area contributed by atoms with Gasteiger partial charge in [-0.25, -0.2) is 9.67 Å². The summed E-state index contributed by atoms with van der Waals surface area (Å²) in [6.45, 7) is 3.34. The van der Waals surface area contributed by atoms with E-state index in [4.69, 9.17) is 4.98 Å². The van der Waals surface area contributed by atoms with E-state index in [-0.39, 0.29) is 12.0 Å². The number of nitrogens with one attached hydrogen (secondary N) is 1. The summed E-state index contributed by atoms with van der Waals surface area (Å²) in [6.07, 6.45) is 7.75. The molecule has 154 valence electrons. The van der Waals surface area contributed by atoms with Crippen molar-refractivity contribution in [3.63, 3.8) is 0 Å². The summed E-state index contributed by atoms with van der Waals surface area (Å²) in [4.78, 5) is 18.8. The number of amides is 1. The molecule has 1 amide bonds. The van der Waals surface area contributed by atoms with E-state index in [0.717, 1.165) is 53.7 Å². The zero-order valence-corrected chi connectivity index (χ0v) is 17.6. The van der Waals surface area contributed by atoms with Crippen LogP contribution in [-0.4, -0.2) is 38.4 Å². The van der Waals surface area contributed by atoms with Gasteiger partial charge in [-0.2, -0.15) is 5.10 Å². The van der Waals surface area contributed by atoms with Crippen molar-refractivity contribution >= 4 is 28.3 Å². The number of carbonyl (C=O) groups excluding carboxylic acids is 1. The number of hydrogen-bond donors (Lipinski definition) is 2. The molecule has 1 aliphatic rings. The van der Waals surface area contributed by atoms with Crippen molar-refractivity contribution in [1.82, 2.24) is 20.1 Å². The van der Waals surface area contributed by atoms with Gasteiger partial charge in [0.25, 0.3) is 5.91 Å². The molecule has 2 atom stereocenters. The monoisotopic (exact) mass is 412 g/mol. The highest BCUT2D eigenvalue weighted by Crippen LogP contribution is 2.29. The molecule has 7 heteroatoms. The highest BCUT2D eigenvalue weighted by atomic mass is 32.1. The van der Waals surface area contributed by atoms with Gasteiger partial charge in [0, 0.05) is 13.1 Å². The number of nitrogens with zero attached hydrogens (tertiary/aromatic N) is 3. The Morgan fingerprint density at radius 1 is 1.38 bits per heavy atom. The zero-order chi connectivity index (χ0) is 20.2. The molecule has 1 fully saturated rings. The van der Waals surface area contributed by atoms with E-state index in [1.54, 1.807) is 17.5 Å². The molecule has 3 aromatic heterocycles. The second kappa shape index (κ2) is 9.05. The predicted molar refractivity (Wildman–Crippen MR) is 116 cm³/mol. The summed E-state index contributed by atoms with van der Waals surface area (Å²) in [5.41, 5.74) is 2.17. The van der Waals surface area contributed by atoms with Gasteiger partial charge in [-0.3, -0.25) is 4.79 Å². The summed E-state index contributed by atoms with van der Waals surface area (Å²) < 4.78 is 1.83. The number of carbonyl (C=O) groups is 1. The highest BCUT2D eigenvalue weighted by molar-refractivity contribution is 7.13. The first-order chi connectivity index (χ1) is 14.2. The lowest BCUT2D eigenvalue weighted by Gasteiger charge is -2.27. The average Bonchev–Trinajstić information content (AvgIpc) is 3.41. The van der Waals surface area contributed by atoms with Gasteiger partial charge in [0.15, 0.2) is 5.65 Å². The van der Waals surface area contributed by atoms with Gasteiger partial charge in [0.1, 0.15) is 0 Å². The van der Waals surface area contributed by atoms with E-state index in [1.807, 2.05) is 35.2 Å². The molecule has 1 saturated carbocycles. The van der Waals surface area contributed by atoms with Crippen molar-refractivity contribution < 1.29 is 9.90 Å². The van der Waals surface area contributed by atoms with Gasteiger partial charge in [-0.1, -0.05) is 18.9 Å². The molecule has 0 aliphatic heterocycles. The minimum absolute atomic E-state index is 0.0879. The summed E-state index contributed by atoms with van der Waals surface area (Å²) in [7, 11) is 0. The van der Waals surface area contributed by atoms with E-state index in [9.17, 15) is 9.90 Å². The number of aliphatic hydroxyl groups is 1. The van der Waals surface area contributed by atoms with Gasteiger partial charge in [0.05, 0.1) is 33.8 Å². The normalized spacial score (nSPS) is 19.5. The smallest absolute Gasteiger partial charge is 0.252 e. The molecule has 3 heterocycles. The van der Waals surface area contributed by atoms with Crippen LogP contribution < -0.4 is 5.32 Å². The largest absolute Gasteiger partial charge is 0.393 e. The number of aryl methyl sites for hydroxylation is 1. The summed E-state index contributed by atoms with van der Waals surface area (Å²) in [5.74, 6) is 0.288. The third kappa shape index (κ3) is 4.36. The number of aliphatic hydroxyl groups excluding tert-OH is 1. The fraction of sp³-hybridized carbons (Fsp3) is 0.500. The Kier molecular flexibility index (Phi) is 6.25. The fourth-order valence-corrected chi connectivity index (χ4v) is 4.89. The zero-order valence-electron chi connectivity index (χ0n) is 16.8. The van der Waals surface area contributed by atoms with Crippen molar-refractivity contribution in [1.29, 1.82) is 0 Å². The van der Waals surface area contributed by atoms with Crippen LogP contribution in [0.4, 0.5) is 0 Å². The van der Waals surface area contributed by atoms with Gasteiger partial charge >= 0.3 is 0 Å². The van der Waals surface area contributed by atoms with E-state index in [1.165, 1.54) is 6.42 Å². The molecule has 1 aliphatic carbocycles. The van der Waals surface area contributed by atoms with Crippen molar-refractivity contribution in [3.05, 3.63) is 35.3 Å². The topological polar surface area (TPSA) is 80.0 Å². The molecule has 4 rings (SSSR count). The third-order valence-corrected chi connectivity index (χ3v) is 6.73. The fourth-order valence-electron chi connectivity index (χ4n) is 4.20. The number of pyridine rings is 1. The van der Waals surface area contributed by atoms with Crippen LogP contribution in [0.3, 0.4) is 0 Å². The van der Waals surface area contributed by atoms with Gasteiger partial charge < -0.3 is 10.4 Å².